The minimum Gasteiger partial charge on any atom is -0.482 e. The predicted octanol–water partition coefficient (Wildman–Crippen LogP) is 1.65. The maximum atomic E-state index is 10.5. The average Bonchev–Trinajstić information content (AvgIpc) is 2.64. The molecule has 6 nitrogen and oxygen atoms in total. The molecule has 0 saturated heterocycles. The van der Waals surface area contributed by atoms with Crippen LogP contribution in [0.4, 0.5) is 0 Å². The first-order valence-corrected chi connectivity index (χ1v) is 8.57. The van der Waals surface area contributed by atoms with Crippen LogP contribution in [0.1, 0.15) is 17.2 Å². The molecule has 2 aromatic carbocycles. The summed E-state index contributed by atoms with van der Waals surface area (Å²) in [5.74, 6) is -0.557. The van der Waals surface area contributed by atoms with Crippen LogP contribution < -0.4 is 10.1 Å². The number of benzene rings is 2. The molecule has 0 amide bonds. The summed E-state index contributed by atoms with van der Waals surface area (Å²) in [4.78, 5) is 10.5. The van der Waals surface area contributed by atoms with Crippen molar-refractivity contribution in [1.82, 2.24) is 5.32 Å². The first-order valence-electron chi connectivity index (χ1n) is 8.19. The van der Waals surface area contributed by atoms with E-state index in [0.717, 1.165) is 5.56 Å². The van der Waals surface area contributed by atoms with E-state index in [4.69, 9.17) is 21.4 Å². The molecule has 2 unspecified atom stereocenters. The molecule has 27 heavy (non-hydrogen) atoms. The number of aliphatic hydroxyl groups is 2. The fourth-order valence-electron chi connectivity index (χ4n) is 2.46. The summed E-state index contributed by atoms with van der Waals surface area (Å²) in [5.41, 5.74) is 1.66. The molecule has 0 aromatic heterocycles. The third kappa shape index (κ3) is 8.62. The molecule has 8 heteroatoms. The van der Waals surface area contributed by atoms with Crippen LogP contribution in [-0.2, 0) is 11.2 Å². The number of aliphatic hydroxyl groups excluding tert-OH is 2. The number of hydrogen-bond donors (Lipinski definition) is 4. The van der Waals surface area contributed by atoms with E-state index in [1.165, 1.54) is 0 Å². The molecule has 0 bridgehead atoms. The zero-order valence-electron chi connectivity index (χ0n) is 15.1. The Morgan fingerprint density at radius 1 is 1.19 bits per heavy atom. The van der Waals surface area contributed by atoms with Gasteiger partial charge in [-0.25, -0.2) is 4.79 Å². The van der Waals surface area contributed by atoms with E-state index in [0.29, 0.717) is 22.8 Å². The van der Waals surface area contributed by atoms with Gasteiger partial charge in [0, 0.05) is 47.2 Å². The second-order valence-corrected chi connectivity index (χ2v) is 6.33. The molecule has 2 rings (SSSR count). The Morgan fingerprint density at radius 2 is 1.89 bits per heavy atom. The molecule has 0 aliphatic carbocycles. The number of ether oxygens (including phenoxy) is 1. The van der Waals surface area contributed by atoms with E-state index in [1.807, 2.05) is 12.1 Å². The van der Waals surface area contributed by atoms with Gasteiger partial charge in [-0.2, -0.15) is 0 Å². The van der Waals surface area contributed by atoms with E-state index < -0.39 is 12.1 Å². The van der Waals surface area contributed by atoms with E-state index in [9.17, 15) is 15.0 Å². The van der Waals surface area contributed by atoms with Gasteiger partial charge in [0.1, 0.15) is 5.75 Å². The van der Waals surface area contributed by atoms with Crippen LogP contribution in [0, 0.1) is 0 Å². The molecule has 0 heterocycles. The zero-order chi connectivity index (χ0) is 18.9. The van der Waals surface area contributed by atoms with Crippen molar-refractivity contribution < 1.29 is 24.9 Å². The van der Waals surface area contributed by atoms with Crippen LogP contribution in [0.15, 0.2) is 48.5 Å². The first kappa shape index (κ1) is 23.9. The van der Waals surface area contributed by atoms with Gasteiger partial charge in [0.2, 0.25) is 0 Å². The van der Waals surface area contributed by atoms with Crippen LogP contribution in [0.5, 0.6) is 5.75 Å². The van der Waals surface area contributed by atoms with E-state index in [1.54, 1.807) is 36.4 Å². The maximum absolute atomic E-state index is 10.5. The summed E-state index contributed by atoms with van der Waals surface area (Å²) in [5, 5.41) is 32.1. The minimum atomic E-state index is -1.03. The van der Waals surface area contributed by atoms with Gasteiger partial charge < -0.3 is 25.4 Å². The van der Waals surface area contributed by atoms with Gasteiger partial charge in [0.05, 0.1) is 12.7 Å². The SMILES string of the molecule is O=C(O)COc1ccc(CC(CO)NCC(O)c2cccc(Cl)c2)cc1.[Na]. The predicted molar refractivity (Wildman–Crippen MR) is 104 cm³/mol. The van der Waals surface area contributed by atoms with E-state index in [2.05, 4.69) is 5.32 Å². The van der Waals surface area contributed by atoms with Crippen molar-refractivity contribution in [2.45, 2.75) is 18.6 Å². The van der Waals surface area contributed by atoms with Crippen molar-refractivity contribution in [2.75, 3.05) is 19.8 Å². The fraction of sp³-hybridized carbons (Fsp3) is 0.316. The van der Waals surface area contributed by atoms with Crippen molar-refractivity contribution in [3.8, 4) is 5.75 Å². The molecule has 0 saturated carbocycles. The Hall–Kier alpha value is -1.12. The number of carboxylic acids is 1. The van der Waals surface area contributed by atoms with E-state index in [-0.39, 0.29) is 55.4 Å². The smallest absolute Gasteiger partial charge is 0.341 e. The summed E-state index contributed by atoms with van der Waals surface area (Å²) >= 11 is 5.92. The minimum absolute atomic E-state index is 0. The van der Waals surface area contributed by atoms with Crippen LogP contribution in [0.3, 0.4) is 0 Å². The molecule has 141 valence electrons. The van der Waals surface area contributed by atoms with Crippen LogP contribution >= 0.6 is 11.6 Å². The second kappa shape index (κ2) is 12.4. The number of carboxylic acid groups (broad SMARTS) is 1. The Bertz CT molecular complexity index is 714. The van der Waals surface area contributed by atoms with Crippen molar-refractivity contribution in [3.05, 3.63) is 64.7 Å². The third-order valence-electron chi connectivity index (χ3n) is 3.82. The summed E-state index contributed by atoms with van der Waals surface area (Å²) in [6, 6.07) is 13.8. The topological polar surface area (TPSA) is 99.0 Å². The Kier molecular flexibility index (Phi) is 10.9. The van der Waals surface area contributed by atoms with Crippen molar-refractivity contribution in [2.24, 2.45) is 0 Å². The van der Waals surface area contributed by atoms with Gasteiger partial charge in [-0.1, -0.05) is 35.9 Å². The summed E-state index contributed by atoms with van der Waals surface area (Å²) < 4.78 is 5.08. The number of hydrogen-bond acceptors (Lipinski definition) is 5. The molecule has 2 atom stereocenters. The van der Waals surface area contributed by atoms with Crippen LogP contribution in [-0.4, -0.2) is 76.6 Å². The van der Waals surface area contributed by atoms with Gasteiger partial charge >= 0.3 is 5.97 Å². The molecule has 0 aliphatic rings. The molecule has 2 aromatic rings. The van der Waals surface area contributed by atoms with Crippen molar-refractivity contribution in [1.29, 1.82) is 0 Å². The summed E-state index contributed by atoms with van der Waals surface area (Å²) in [6.45, 7) is -0.188. The van der Waals surface area contributed by atoms with Crippen molar-refractivity contribution in [3.63, 3.8) is 0 Å². The molecule has 4 N–H and O–H groups in total. The monoisotopic (exact) mass is 402 g/mol. The Morgan fingerprint density at radius 3 is 2.48 bits per heavy atom. The van der Waals surface area contributed by atoms with Gasteiger partial charge in [-0.3, -0.25) is 0 Å². The number of halogens is 1. The van der Waals surface area contributed by atoms with Crippen LogP contribution in [0.25, 0.3) is 0 Å². The second-order valence-electron chi connectivity index (χ2n) is 5.89. The Balaban J connectivity index is 0.00000364. The quantitative estimate of drug-likeness (QED) is 0.451. The molecule has 0 fully saturated rings. The fourth-order valence-corrected chi connectivity index (χ4v) is 2.66. The molecular weight excluding hydrogens is 381 g/mol. The average molecular weight is 403 g/mol. The molecule has 1 radical (unpaired) electrons. The van der Waals surface area contributed by atoms with Crippen LogP contribution in [0.2, 0.25) is 5.02 Å². The maximum Gasteiger partial charge on any atom is 0.341 e. The first-order chi connectivity index (χ1) is 12.5. The van der Waals surface area contributed by atoms with Gasteiger partial charge in [0.15, 0.2) is 6.61 Å². The zero-order valence-corrected chi connectivity index (χ0v) is 17.9. The standard InChI is InChI=1S/C19H22ClNO5.Na/c20-15-3-1-2-14(9-15)18(23)10-21-16(11-22)8-13-4-6-17(7-5-13)26-12-19(24)25;/h1-7,9,16,18,21-23H,8,10-12H2,(H,24,25);. The third-order valence-corrected chi connectivity index (χ3v) is 4.06. The normalized spacial score (nSPS) is 12.7. The van der Waals surface area contributed by atoms with Gasteiger partial charge in [-0.15, -0.1) is 0 Å². The largest absolute Gasteiger partial charge is 0.482 e. The number of nitrogens with one attached hydrogen (secondary N) is 1. The summed E-state index contributed by atoms with van der Waals surface area (Å²) in [6.07, 6.45) is -0.174. The van der Waals surface area contributed by atoms with Gasteiger partial charge in [-0.05, 0) is 41.8 Å². The molecular formula is C19H22ClNNaO5. The van der Waals surface area contributed by atoms with Gasteiger partial charge in [0.25, 0.3) is 0 Å². The Labute approximate surface area is 185 Å². The number of rotatable bonds is 10. The number of aliphatic carboxylic acids is 1. The number of carbonyl (C=O) groups is 1. The molecule has 0 aliphatic heterocycles. The molecule has 0 spiro atoms. The van der Waals surface area contributed by atoms with Crippen molar-refractivity contribution >= 4 is 47.1 Å². The van der Waals surface area contributed by atoms with E-state index >= 15 is 0 Å². The summed E-state index contributed by atoms with van der Waals surface area (Å²) in [7, 11) is 0.